The summed E-state index contributed by atoms with van der Waals surface area (Å²) in [6.07, 6.45) is 0. The first-order valence-corrected chi connectivity index (χ1v) is 6.81. The molecule has 19 heavy (non-hydrogen) atoms. The Balaban J connectivity index is 2.84. The minimum absolute atomic E-state index is 0.190. The Labute approximate surface area is 114 Å². The van der Waals surface area contributed by atoms with Crippen molar-refractivity contribution in [3.63, 3.8) is 0 Å². The zero-order valence-electron chi connectivity index (χ0n) is 12.2. The fraction of sp³-hybridized carbons (Fsp3) is 0.600. The highest BCUT2D eigenvalue weighted by Gasteiger charge is 2.19. The second-order valence-electron chi connectivity index (χ2n) is 5.37. The van der Waals surface area contributed by atoms with Crippen LogP contribution in [0.25, 0.3) is 0 Å². The van der Waals surface area contributed by atoms with Crippen molar-refractivity contribution in [2.24, 2.45) is 5.92 Å². The van der Waals surface area contributed by atoms with E-state index < -0.39 is 11.6 Å². The van der Waals surface area contributed by atoms with Gasteiger partial charge >= 0.3 is 0 Å². The van der Waals surface area contributed by atoms with Crippen LogP contribution in [0.3, 0.4) is 0 Å². The number of likely N-dealkylation sites (N-methyl/N-ethyl adjacent to an activating group) is 2. The minimum atomic E-state index is -0.785. The normalized spacial score (nSPS) is 13.3. The molecule has 0 amide bonds. The van der Waals surface area contributed by atoms with E-state index in [9.17, 15) is 8.78 Å². The van der Waals surface area contributed by atoms with E-state index in [1.165, 1.54) is 0 Å². The van der Waals surface area contributed by atoms with Gasteiger partial charge in [0.2, 0.25) is 0 Å². The molecule has 1 aromatic rings. The maximum absolute atomic E-state index is 13.9. The summed E-state index contributed by atoms with van der Waals surface area (Å²) in [5.74, 6) is -0.983. The summed E-state index contributed by atoms with van der Waals surface area (Å²) >= 11 is 0. The Kier molecular flexibility index (Phi) is 6.38. The summed E-state index contributed by atoms with van der Waals surface area (Å²) in [5.41, 5.74) is 0.400. The van der Waals surface area contributed by atoms with Gasteiger partial charge < -0.3 is 10.2 Å². The highest BCUT2D eigenvalue weighted by Crippen LogP contribution is 2.20. The maximum atomic E-state index is 13.9. The van der Waals surface area contributed by atoms with Crippen LogP contribution in [0.1, 0.15) is 32.4 Å². The van der Waals surface area contributed by atoms with Crippen molar-refractivity contribution in [1.82, 2.24) is 10.2 Å². The molecule has 1 N–H and O–H groups in total. The van der Waals surface area contributed by atoms with E-state index in [1.807, 2.05) is 14.0 Å². The molecule has 1 atom stereocenters. The monoisotopic (exact) mass is 270 g/mol. The first-order valence-electron chi connectivity index (χ1n) is 6.81. The van der Waals surface area contributed by atoms with Crippen molar-refractivity contribution in [3.05, 3.63) is 35.4 Å². The van der Waals surface area contributed by atoms with Crippen LogP contribution in [0.5, 0.6) is 0 Å². The Hall–Kier alpha value is -1.00. The molecule has 0 aliphatic rings. The lowest BCUT2D eigenvalue weighted by atomic mass is 10.0. The van der Waals surface area contributed by atoms with Gasteiger partial charge in [0.05, 0.1) is 0 Å². The third-order valence-electron chi connectivity index (χ3n) is 2.98. The largest absolute Gasteiger partial charge is 0.309 e. The molecule has 0 spiro atoms. The lowest BCUT2D eigenvalue weighted by molar-refractivity contribution is 0.260. The molecule has 1 unspecified atom stereocenters. The van der Waals surface area contributed by atoms with Crippen molar-refractivity contribution in [2.75, 3.05) is 26.7 Å². The highest BCUT2D eigenvalue weighted by atomic mass is 19.2. The zero-order valence-corrected chi connectivity index (χ0v) is 12.2. The number of halogens is 2. The summed E-state index contributed by atoms with van der Waals surface area (Å²) < 4.78 is 27.2. The third kappa shape index (κ3) is 4.88. The molecule has 0 saturated heterocycles. The average molecular weight is 270 g/mol. The van der Waals surface area contributed by atoms with Crippen LogP contribution < -0.4 is 5.32 Å². The van der Waals surface area contributed by atoms with Crippen LogP contribution in [-0.2, 0) is 0 Å². The van der Waals surface area contributed by atoms with E-state index in [2.05, 4.69) is 24.1 Å². The summed E-state index contributed by atoms with van der Waals surface area (Å²) in [7, 11) is 2.00. The quantitative estimate of drug-likeness (QED) is 0.818. The molecule has 0 saturated carbocycles. The van der Waals surface area contributed by atoms with Crippen molar-refractivity contribution in [2.45, 2.75) is 26.8 Å². The summed E-state index contributed by atoms with van der Waals surface area (Å²) in [5, 5.41) is 3.22. The van der Waals surface area contributed by atoms with Crippen LogP contribution in [-0.4, -0.2) is 31.6 Å². The van der Waals surface area contributed by atoms with E-state index in [1.54, 1.807) is 12.1 Å². The molecule has 0 aromatic heterocycles. The van der Waals surface area contributed by atoms with Gasteiger partial charge in [0.15, 0.2) is 11.6 Å². The second-order valence-corrected chi connectivity index (χ2v) is 5.37. The molecule has 1 rings (SSSR count). The van der Waals surface area contributed by atoms with E-state index in [-0.39, 0.29) is 6.04 Å². The van der Waals surface area contributed by atoms with Gasteiger partial charge in [-0.05, 0) is 25.6 Å². The second kappa shape index (κ2) is 7.56. The zero-order chi connectivity index (χ0) is 14.4. The Bertz CT molecular complexity index is 394. The minimum Gasteiger partial charge on any atom is -0.309 e. The summed E-state index contributed by atoms with van der Waals surface area (Å²) in [6.45, 7) is 8.55. The molecular formula is C15H24F2N2. The highest BCUT2D eigenvalue weighted by molar-refractivity contribution is 5.23. The molecule has 4 heteroatoms. The number of nitrogens with one attached hydrogen (secondary N) is 1. The predicted molar refractivity (Wildman–Crippen MR) is 75.1 cm³/mol. The summed E-state index contributed by atoms with van der Waals surface area (Å²) in [6, 6.07) is 4.17. The van der Waals surface area contributed by atoms with E-state index in [0.29, 0.717) is 18.0 Å². The van der Waals surface area contributed by atoms with Crippen molar-refractivity contribution in [1.29, 1.82) is 0 Å². The van der Waals surface area contributed by atoms with Crippen LogP contribution in [0.2, 0.25) is 0 Å². The van der Waals surface area contributed by atoms with Gasteiger partial charge in [-0.25, -0.2) is 8.78 Å². The van der Waals surface area contributed by atoms with Crippen LogP contribution in [0, 0.1) is 17.6 Å². The van der Waals surface area contributed by atoms with Crippen molar-refractivity contribution >= 4 is 0 Å². The fourth-order valence-corrected chi connectivity index (χ4v) is 2.32. The lowest BCUT2D eigenvalue weighted by Crippen LogP contribution is -2.35. The molecule has 0 heterocycles. The van der Waals surface area contributed by atoms with Crippen LogP contribution in [0.4, 0.5) is 8.78 Å². The third-order valence-corrected chi connectivity index (χ3v) is 2.98. The average Bonchev–Trinajstić information content (AvgIpc) is 2.31. The number of hydrogen-bond acceptors (Lipinski definition) is 2. The molecule has 1 aromatic carbocycles. The molecule has 108 valence electrons. The summed E-state index contributed by atoms with van der Waals surface area (Å²) in [4.78, 5) is 2.14. The van der Waals surface area contributed by atoms with E-state index >= 15 is 0 Å². The van der Waals surface area contributed by atoms with Gasteiger partial charge in [-0.1, -0.05) is 32.9 Å². The van der Waals surface area contributed by atoms with Gasteiger partial charge in [0.1, 0.15) is 0 Å². The first-order chi connectivity index (χ1) is 8.95. The van der Waals surface area contributed by atoms with E-state index in [0.717, 1.165) is 19.2 Å². The van der Waals surface area contributed by atoms with Crippen molar-refractivity contribution in [3.8, 4) is 0 Å². The predicted octanol–water partition coefficient (Wildman–Crippen LogP) is 3.20. The van der Waals surface area contributed by atoms with Gasteiger partial charge in [-0.3, -0.25) is 0 Å². The standard InChI is InChI=1S/C15H24F2N2/c1-5-18-14(10-19(4)9-11(2)3)12-7-6-8-13(16)15(12)17/h6-8,11,14,18H,5,9-10H2,1-4H3. The molecule has 0 aliphatic carbocycles. The first kappa shape index (κ1) is 16.1. The number of rotatable bonds is 7. The van der Waals surface area contributed by atoms with Gasteiger partial charge in [-0.15, -0.1) is 0 Å². The Morgan fingerprint density at radius 3 is 2.47 bits per heavy atom. The fourth-order valence-electron chi connectivity index (χ4n) is 2.32. The maximum Gasteiger partial charge on any atom is 0.163 e. The van der Waals surface area contributed by atoms with Crippen molar-refractivity contribution < 1.29 is 8.78 Å². The molecule has 0 aliphatic heterocycles. The number of nitrogens with zero attached hydrogens (tertiary/aromatic N) is 1. The van der Waals surface area contributed by atoms with Gasteiger partial charge in [0, 0.05) is 24.7 Å². The van der Waals surface area contributed by atoms with E-state index in [4.69, 9.17) is 0 Å². The Morgan fingerprint density at radius 1 is 1.21 bits per heavy atom. The molecule has 0 bridgehead atoms. The van der Waals surface area contributed by atoms with Gasteiger partial charge in [0.25, 0.3) is 0 Å². The molecule has 0 radical (unpaired) electrons. The SMILES string of the molecule is CCNC(CN(C)CC(C)C)c1cccc(F)c1F. The Morgan fingerprint density at radius 2 is 1.89 bits per heavy atom. The topological polar surface area (TPSA) is 15.3 Å². The lowest BCUT2D eigenvalue weighted by Gasteiger charge is -2.26. The van der Waals surface area contributed by atoms with Crippen LogP contribution >= 0.6 is 0 Å². The number of benzene rings is 1. The van der Waals surface area contributed by atoms with Crippen LogP contribution in [0.15, 0.2) is 18.2 Å². The smallest absolute Gasteiger partial charge is 0.163 e. The molecule has 2 nitrogen and oxygen atoms in total. The molecular weight excluding hydrogens is 246 g/mol. The molecule has 0 fully saturated rings. The number of hydrogen-bond donors (Lipinski definition) is 1. The van der Waals surface area contributed by atoms with Gasteiger partial charge in [-0.2, -0.15) is 0 Å².